The highest BCUT2D eigenvalue weighted by molar-refractivity contribution is 6.02. The molecule has 4 nitrogen and oxygen atoms in total. The van der Waals surface area contributed by atoms with E-state index in [0.717, 1.165) is 31.2 Å². The molecule has 0 radical (unpaired) electrons. The van der Waals surface area contributed by atoms with Crippen LogP contribution in [0.15, 0.2) is 30.3 Å². The smallest absolute Gasteiger partial charge is 0.325 e. The van der Waals surface area contributed by atoms with Gasteiger partial charge >= 0.3 is 6.03 Å². The van der Waals surface area contributed by atoms with E-state index in [1.165, 1.54) is 11.3 Å². The second-order valence-corrected chi connectivity index (χ2v) is 5.35. The molecule has 1 heterocycles. The minimum Gasteiger partial charge on any atom is -0.329 e. The molecule has 2 aliphatic rings. The molecule has 0 bridgehead atoms. The Morgan fingerprint density at radius 1 is 1.00 bits per heavy atom. The lowest BCUT2D eigenvalue weighted by molar-refractivity contribution is -0.130. The van der Waals surface area contributed by atoms with E-state index in [2.05, 4.69) is 5.32 Å². The number of carbonyl (C=O) groups is 2. The molecular formula is C15H18N2O2. The van der Waals surface area contributed by atoms with Gasteiger partial charge in [-0.25, -0.2) is 4.79 Å². The fourth-order valence-electron chi connectivity index (χ4n) is 3.38. The van der Waals surface area contributed by atoms with Crippen molar-refractivity contribution in [1.82, 2.24) is 10.2 Å². The van der Waals surface area contributed by atoms with Gasteiger partial charge in [-0.15, -0.1) is 0 Å². The Morgan fingerprint density at radius 3 is 2.26 bits per heavy atom. The number of hydrogen-bond acceptors (Lipinski definition) is 2. The molecule has 1 aromatic carbocycles. The molecule has 1 aliphatic carbocycles. The van der Waals surface area contributed by atoms with Crippen molar-refractivity contribution in [3.63, 3.8) is 0 Å². The van der Waals surface area contributed by atoms with Gasteiger partial charge in [0.15, 0.2) is 0 Å². The van der Waals surface area contributed by atoms with E-state index in [4.69, 9.17) is 0 Å². The van der Waals surface area contributed by atoms with Crippen LogP contribution >= 0.6 is 0 Å². The van der Waals surface area contributed by atoms with Crippen molar-refractivity contribution in [3.8, 4) is 0 Å². The minimum absolute atomic E-state index is 0.101. The van der Waals surface area contributed by atoms with Crippen molar-refractivity contribution in [2.24, 2.45) is 0 Å². The van der Waals surface area contributed by atoms with Crippen LogP contribution in [0, 0.1) is 0 Å². The number of carbonyl (C=O) groups excluding carboxylic acids is 2. The maximum Gasteiger partial charge on any atom is 0.325 e. The molecule has 1 aliphatic heterocycles. The molecule has 0 atom stereocenters. The Labute approximate surface area is 112 Å². The zero-order chi connectivity index (χ0) is 13.3. The molecule has 0 unspecified atom stereocenters. The Bertz CT molecular complexity index is 476. The summed E-state index contributed by atoms with van der Waals surface area (Å²) < 4.78 is 0. The predicted molar refractivity (Wildman–Crippen MR) is 71.4 cm³/mol. The van der Waals surface area contributed by atoms with Gasteiger partial charge in [0, 0.05) is 0 Å². The maximum absolute atomic E-state index is 12.1. The van der Waals surface area contributed by atoms with E-state index >= 15 is 0 Å². The number of benzene rings is 1. The van der Waals surface area contributed by atoms with Crippen LogP contribution in [0.5, 0.6) is 0 Å². The first kappa shape index (κ1) is 12.2. The number of nitrogens with one attached hydrogen (secondary N) is 1. The molecule has 1 saturated heterocycles. The average Bonchev–Trinajstić information content (AvgIpc) is 2.80. The Kier molecular flexibility index (Phi) is 3.01. The number of urea groups is 1. The van der Waals surface area contributed by atoms with Crippen LogP contribution in [0.4, 0.5) is 4.79 Å². The normalized spacial score (nSPS) is 22.4. The molecule has 3 amide bonds. The highest BCUT2D eigenvalue weighted by Gasteiger charge is 2.47. The third-order valence-electron chi connectivity index (χ3n) is 4.26. The van der Waals surface area contributed by atoms with Gasteiger partial charge in [-0.05, 0) is 18.4 Å². The fourth-order valence-corrected chi connectivity index (χ4v) is 3.38. The molecule has 100 valence electrons. The lowest BCUT2D eigenvalue weighted by atomic mass is 9.75. The summed E-state index contributed by atoms with van der Waals surface area (Å²) in [5.74, 6) is -0.101. The van der Waals surface area contributed by atoms with E-state index in [9.17, 15) is 9.59 Å². The molecule has 0 spiro atoms. The minimum atomic E-state index is -0.433. The van der Waals surface area contributed by atoms with Crippen molar-refractivity contribution in [1.29, 1.82) is 0 Å². The SMILES string of the molecule is O=C1CNC(=O)N1C1(c2ccccc2)CCCCC1. The van der Waals surface area contributed by atoms with Crippen LogP contribution in [0.1, 0.15) is 37.7 Å². The molecule has 1 aromatic rings. The fraction of sp³-hybridized carbons (Fsp3) is 0.467. The van der Waals surface area contributed by atoms with E-state index in [-0.39, 0.29) is 18.5 Å². The quantitative estimate of drug-likeness (QED) is 0.828. The summed E-state index contributed by atoms with van der Waals surface area (Å²) in [5.41, 5.74) is 0.650. The van der Waals surface area contributed by atoms with Crippen LogP contribution in [-0.4, -0.2) is 23.4 Å². The first-order valence-electron chi connectivity index (χ1n) is 6.90. The summed E-state index contributed by atoms with van der Waals surface area (Å²) in [6.07, 6.45) is 5.04. The lowest BCUT2D eigenvalue weighted by Crippen LogP contribution is -2.51. The van der Waals surface area contributed by atoms with Gasteiger partial charge in [0.2, 0.25) is 0 Å². The molecule has 3 rings (SSSR count). The molecule has 2 fully saturated rings. The third kappa shape index (κ3) is 1.91. The highest BCUT2D eigenvalue weighted by atomic mass is 16.2. The zero-order valence-electron chi connectivity index (χ0n) is 10.9. The summed E-state index contributed by atoms with van der Waals surface area (Å²) in [6, 6.07) is 9.74. The summed E-state index contributed by atoms with van der Waals surface area (Å²) in [6.45, 7) is 0.132. The molecule has 19 heavy (non-hydrogen) atoms. The van der Waals surface area contributed by atoms with Crippen molar-refractivity contribution in [3.05, 3.63) is 35.9 Å². The topological polar surface area (TPSA) is 49.4 Å². The lowest BCUT2D eigenvalue weighted by Gasteiger charge is -2.43. The monoisotopic (exact) mass is 258 g/mol. The third-order valence-corrected chi connectivity index (χ3v) is 4.26. The van der Waals surface area contributed by atoms with Gasteiger partial charge in [0.05, 0.1) is 12.1 Å². The summed E-state index contributed by atoms with van der Waals surface area (Å²) >= 11 is 0. The van der Waals surface area contributed by atoms with E-state index in [1.807, 2.05) is 30.3 Å². The van der Waals surface area contributed by atoms with Crippen LogP contribution in [-0.2, 0) is 10.3 Å². The molecule has 1 N–H and O–H groups in total. The van der Waals surface area contributed by atoms with Crippen molar-refractivity contribution >= 4 is 11.9 Å². The van der Waals surface area contributed by atoms with Gasteiger partial charge in [-0.2, -0.15) is 0 Å². The van der Waals surface area contributed by atoms with E-state index < -0.39 is 5.54 Å². The standard InChI is InChI=1S/C15H18N2O2/c18-13-11-16-14(19)17(13)15(9-5-2-6-10-15)12-7-3-1-4-8-12/h1,3-4,7-8H,2,5-6,9-11H2,(H,16,19). The summed E-state index contributed by atoms with van der Waals surface area (Å²) in [5, 5.41) is 2.65. The van der Waals surface area contributed by atoms with Gasteiger partial charge < -0.3 is 5.32 Å². The molecule has 4 heteroatoms. The highest BCUT2D eigenvalue weighted by Crippen LogP contribution is 2.43. The summed E-state index contributed by atoms with van der Waals surface area (Å²) in [7, 11) is 0. The van der Waals surface area contributed by atoms with Crippen molar-refractivity contribution < 1.29 is 9.59 Å². The molecule has 0 aromatic heterocycles. The number of rotatable bonds is 2. The average molecular weight is 258 g/mol. The Balaban J connectivity index is 2.06. The largest absolute Gasteiger partial charge is 0.329 e. The number of hydrogen-bond donors (Lipinski definition) is 1. The number of nitrogens with zero attached hydrogens (tertiary/aromatic N) is 1. The zero-order valence-corrected chi connectivity index (χ0v) is 10.9. The maximum atomic E-state index is 12.1. The predicted octanol–water partition coefficient (Wildman–Crippen LogP) is 2.40. The van der Waals surface area contributed by atoms with Gasteiger partial charge in [0.25, 0.3) is 5.91 Å². The van der Waals surface area contributed by atoms with Gasteiger partial charge in [-0.1, -0.05) is 49.6 Å². The second-order valence-electron chi connectivity index (χ2n) is 5.35. The first-order chi connectivity index (χ1) is 9.24. The number of amides is 3. The summed E-state index contributed by atoms with van der Waals surface area (Å²) in [4.78, 5) is 25.6. The van der Waals surface area contributed by atoms with E-state index in [0.29, 0.717) is 0 Å². The van der Waals surface area contributed by atoms with Crippen molar-refractivity contribution in [2.75, 3.05) is 6.54 Å². The number of imide groups is 1. The van der Waals surface area contributed by atoms with Crippen LogP contribution in [0.25, 0.3) is 0 Å². The molecule has 1 saturated carbocycles. The van der Waals surface area contributed by atoms with Crippen LogP contribution < -0.4 is 5.32 Å². The van der Waals surface area contributed by atoms with Crippen molar-refractivity contribution in [2.45, 2.75) is 37.6 Å². The Hall–Kier alpha value is -1.84. The van der Waals surface area contributed by atoms with Crippen LogP contribution in [0.3, 0.4) is 0 Å². The van der Waals surface area contributed by atoms with Gasteiger partial charge in [0.1, 0.15) is 0 Å². The van der Waals surface area contributed by atoms with Crippen LogP contribution in [0.2, 0.25) is 0 Å². The van der Waals surface area contributed by atoms with E-state index in [1.54, 1.807) is 0 Å². The van der Waals surface area contributed by atoms with Gasteiger partial charge in [-0.3, -0.25) is 9.69 Å². The molecular weight excluding hydrogens is 240 g/mol. The second kappa shape index (κ2) is 4.68. The first-order valence-corrected chi connectivity index (χ1v) is 6.90. The Morgan fingerprint density at radius 2 is 1.68 bits per heavy atom.